The molecular weight excluding hydrogens is 396 g/mol. The molecule has 0 fully saturated rings. The van der Waals surface area contributed by atoms with Gasteiger partial charge in [0.1, 0.15) is 6.61 Å². The van der Waals surface area contributed by atoms with E-state index in [1.54, 1.807) is 0 Å². The molecule has 0 bridgehead atoms. The zero-order chi connectivity index (χ0) is 21.6. The van der Waals surface area contributed by atoms with Crippen LogP contribution in [0.4, 0.5) is 23.2 Å². The quantitative estimate of drug-likeness (QED) is 0.616. The molecule has 11 heteroatoms. The maximum atomic E-state index is 12.9. The smallest absolute Gasteiger partial charge is 0.330 e. The molecule has 0 saturated carbocycles. The zero-order valence-electron chi connectivity index (χ0n) is 15.7. The Hall–Kier alpha value is -2.95. The highest BCUT2D eigenvalue weighted by Crippen LogP contribution is 2.23. The molecule has 1 heterocycles. The molecule has 0 aliphatic heterocycles. The molecule has 1 aromatic carbocycles. The molecule has 0 aliphatic carbocycles. The van der Waals surface area contributed by atoms with Crippen molar-refractivity contribution in [2.24, 2.45) is 0 Å². The fraction of sp³-hybridized carbons (Fsp3) is 0.389. The minimum atomic E-state index is -4.25. The molecule has 2 aromatic rings. The summed E-state index contributed by atoms with van der Waals surface area (Å²) in [7, 11) is 1.43. The number of hydrogen-bond donors (Lipinski definition) is 2. The number of rotatable bonds is 9. The Labute approximate surface area is 164 Å². The third kappa shape index (κ3) is 5.76. The number of nitrogens with zero attached hydrogens (tertiary/aromatic N) is 2. The van der Waals surface area contributed by atoms with Crippen LogP contribution in [0.15, 0.2) is 30.5 Å². The van der Waals surface area contributed by atoms with Crippen molar-refractivity contribution in [3.05, 3.63) is 47.3 Å². The molecule has 2 rings (SSSR count). The first-order valence-corrected chi connectivity index (χ1v) is 8.61. The van der Waals surface area contributed by atoms with Gasteiger partial charge in [0.15, 0.2) is 5.69 Å². The van der Waals surface area contributed by atoms with Gasteiger partial charge in [0.25, 0.3) is 11.8 Å². The van der Waals surface area contributed by atoms with E-state index in [0.29, 0.717) is 12.1 Å². The summed E-state index contributed by atoms with van der Waals surface area (Å²) in [4.78, 5) is 24.4. The lowest BCUT2D eigenvalue weighted by molar-refractivity contribution is -0.168. The predicted octanol–water partition coefficient (Wildman–Crippen LogP) is 2.93. The molecule has 0 saturated heterocycles. The number of halogens is 4. The summed E-state index contributed by atoms with van der Waals surface area (Å²) in [6.45, 7) is 0.483. The van der Waals surface area contributed by atoms with E-state index in [-0.39, 0.29) is 23.6 Å². The number of nitrogens with one attached hydrogen (secondary N) is 2. The van der Waals surface area contributed by atoms with E-state index in [0.717, 1.165) is 0 Å². The maximum absolute atomic E-state index is 12.9. The van der Waals surface area contributed by atoms with E-state index in [4.69, 9.17) is 0 Å². The van der Waals surface area contributed by atoms with Crippen molar-refractivity contribution in [2.75, 3.05) is 19.0 Å². The van der Waals surface area contributed by atoms with Gasteiger partial charge in [0, 0.05) is 25.4 Å². The van der Waals surface area contributed by atoms with Gasteiger partial charge in [0.2, 0.25) is 0 Å². The van der Waals surface area contributed by atoms with Crippen LogP contribution in [0.25, 0.3) is 0 Å². The number of carbonyl (C=O) groups excluding carboxylic acids is 2. The Morgan fingerprint density at radius 1 is 1.28 bits per heavy atom. The largest absolute Gasteiger partial charge is 0.370 e. The maximum Gasteiger partial charge on any atom is 0.330 e. The molecule has 0 atom stereocenters. The summed E-state index contributed by atoms with van der Waals surface area (Å²) in [5, 5.41) is 9.08. The minimum Gasteiger partial charge on any atom is -0.370 e. The monoisotopic (exact) mass is 416 g/mol. The van der Waals surface area contributed by atoms with Crippen LogP contribution in [-0.2, 0) is 17.9 Å². The fourth-order valence-corrected chi connectivity index (χ4v) is 2.33. The predicted molar refractivity (Wildman–Crippen MR) is 96.3 cm³/mol. The first kappa shape index (κ1) is 22.3. The first-order chi connectivity index (χ1) is 13.7. The van der Waals surface area contributed by atoms with Gasteiger partial charge in [-0.2, -0.15) is 13.9 Å². The molecule has 7 nitrogen and oxygen atoms in total. The molecule has 158 valence electrons. The topological polar surface area (TPSA) is 85.2 Å². The van der Waals surface area contributed by atoms with Crippen molar-refractivity contribution in [1.82, 2.24) is 15.1 Å². The van der Waals surface area contributed by atoms with E-state index in [1.165, 1.54) is 42.2 Å². The SMILES string of the molecule is CCn1cc(NC(=O)c2cccc(COCC(F)(F)C(F)F)c2)c(C(=O)NC)n1. The van der Waals surface area contributed by atoms with Gasteiger partial charge in [0.05, 0.1) is 12.3 Å². The second-order valence-corrected chi connectivity index (χ2v) is 6.04. The van der Waals surface area contributed by atoms with Crippen LogP contribution in [0.1, 0.15) is 33.3 Å². The Kier molecular flexibility index (Phi) is 7.32. The second kappa shape index (κ2) is 9.50. The number of aromatic nitrogens is 2. The van der Waals surface area contributed by atoms with Gasteiger partial charge in [-0.3, -0.25) is 14.3 Å². The van der Waals surface area contributed by atoms with Gasteiger partial charge in [-0.15, -0.1) is 0 Å². The van der Waals surface area contributed by atoms with Crippen LogP contribution in [0.5, 0.6) is 0 Å². The van der Waals surface area contributed by atoms with Crippen LogP contribution in [0.2, 0.25) is 0 Å². The van der Waals surface area contributed by atoms with Crippen molar-refractivity contribution in [1.29, 1.82) is 0 Å². The Bertz CT molecular complexity index is 871. The zero-order valence-corrected chi connectivity index (χ0v) is 15.7. The van der Waals surface area contributed by atoms with Crippen LogP contribution >= 0.6 is 0 Å². The lowest BCUT2D eigenvalue weighted by Crippen LogP contribution is -2.32. The van der Waals surface area contributed by atoms with Gasteiger partial charge in [-0.1, -0.05) is 12.1 Å². The summed E-state index contributed by atoms with van der Waals surface area (Å²) < 4.78 is 56.2. The van der Waals surface area contributed by atoms with Gasteiger partial charge < -0.3 is 15.4 Å². The lowest BCUT2D eigenvalue weighted by Gasteiger charge is -2.15. The summed E-state index contributed by atoms with van der Waals surface area (Å²) >= 11 is 0. The van der Waals surface area contributed by atoms with Crippen molar-refractivity contribution in [2.45, 2.75) is 32.4 Å². The highest BCUT2D eigenvalue weighted by atomic mass is 19.3. The summed E-state index contributed by atoms with van der Waals surface area (Å²) in [6, 6.07) is 5.84. The summed E-state index contributed by atoms with van der Waals surface area (Å²) in [5.74, 6) is -5.29. The number of alkyl halides is 4. The Balaban J connectivity index is 2.08. The van der Waals surface area contributed by atoms with Gasteiger partial charge in [-0.25, -0.2) is 8.78 Å². The average molecular weight is 416 g/mol. The fourth-order valence-electron chi connectivity index (χ4n) is 2.33. The van der Waals surface area contributed by atoms with Crippen LogP contribution in [-0.4, -0.2) is 47.6 Å². The minimum absolute atomic E-state index is 0.0384. The van der Waals surface area contributed by atoms with E-state index >= 15 is 0 Å². The van der Waals surface area contributed by atoms with E-state index in [2.05, 4.69) is 20.5 Å². The van der Waals surface area contributed by atoms with Crippen LogP contribution in [0, 0.1) is 0 Å². The molecule has 29 heavy (non-hydrogen) atoms. The van der Waals surface area contributed by atoms with Crippen LogP contribution < -0.4 is 10.6 Å². The number of ether oxygens (including phenoxy) is 1. The highest BCUT2D eigenvalue weighted by molar-refractivity contribution is 6.08. The molecule has 2 N–H and O–H groups in total. The van der Waals surface area contributed by atoms with Crippen molar-refractivity contribution >= 4 is 17.5 Å². The normalized spacial score (nSPS) is 11.6. The number of amides is 2. The summed E-state index contributed by atoms with van der Waals surface area (Å²) in [5.41, 5.74) is 0.753. The highest BCUT2D eigenvalue weighted by Gasteiger charge is 2.40. The molecule has 0 radical (unpaired) electrons. The third-order valence-corrected chi connectivity index (χ3v) is 3.85. The average Bonchev–Trinajstić information content (AvgIpc) is 3.10. The lowest BCUT2D eigenvalue weighted by atomic mass is 10.1. The number of hydrogen-bond acceptors (Lipinski definition) is 4. The molecule has 1 aromatic heterocycles. The number of benzene rings is 1. The second-order valence-electron chi connectivity index (χ2n) is 6.04. The van der Waals surface area contributed by atoms with Gasteiger partial charge in [-0.05, 0) is 24.6 Å². The van der Waals surface area contributed by atoms with E-state index in [1.807, 2.05) is 6.92 Å². The number of carbonyl (C=O) groups is 2. The Morgan fingerprint density at radius 3 is 2.62 bits per heavy atom. The van der Waals surface area contributed by atoms with Crippen molar-refractivity contribution < 1.29 is 31.9 Å². The molecule has 0 aliphatic rings. The van der Waals surface area contributed by atoms with Gasteiger partial charge >= 0.3 is 12.3 Å². The van der Waals surface area contributed by atoms with Crippen molar-refractivity contribution in [3.63, 3.8) is 0 Å². The number of anilines is 1. The summed E-state index contributed by atoms with van der Waals surface area (Å²) in [6.07, 6.45) is -2.32. The molecule has 2 amide bonds. The van der Waals surface area contributed by atoms with E-state index in [9.17, 15) is 27.2 Å². The standard InChI is InChI=1S/C18H20F4N4O3/c1-3-26-8-13(14(25-26)16(28)23-2)24-15(27)12-6-4-5-11(7-12)9-29-10-18(21,22)17(19)20/h4-8,17H,3,9-10H2,1-2H3,(H,23,28)(H,24,27). The molecular formula is C18H20F4N4O3. The third-order valence-electron chi connectivity index (χ3n) is 3.85. The molecule has 0 unspecified atom stereocenters. The van der Waals surface area contributed by atoms with Crippen molar-refractivity contribution in [3.8, 4) is 0 Å². The van der Waals surface area contributed by atoms with E-state index < -0.39 is 30.8 Å². The Morgan fingerprint density at radius 2 is 2.00 bits per heavy atom. The molecule has 0 spiro atoms. The number of aryl methyl sites for hydroxylation is 1. The van der Waals surface area contributed by atoms with Crippen LogP contribution in [0.3, 0.4) is 0 Å². The first-order valence-electron chi connectivity index (χ1n) is 8.61.